The van der Waals surface area contributed by atoms with Crippen molar-refractivity contribution in [3.05, 3.63) is 0 Å². The number of nitrogens with one attached hydrogen (secondary N) is 1. The molecule has 0 aromatic rings. The van der Waals surface area contributed by atoms with Crippen molar-refractivity contribution in [1.29, 1.82) is 5.26 Å². The average molecular weight is 238 g/mol. The van der Waals surface area contributed by atoms with Crippen LogP contribution in [0.5, 0.6) is 0 Å². The first kappa shape index (κ1) is 12.8. The SMILES string of the molecule is CCC(C)NC1(C#N)CCC2(CC1)OCCO2. The minimum atomic E-state index is -0.379. The second-order valence-electron chi connectivity index (χ2n) is 5.26. The Kier molecular flexibility index (Phi) is 3.72. The third kappa shape index (κ3) is 2.62. The van der Waals surface area contributed by atoms with E-state index in [-0.39, 0.29) is 11.3 Å². The predicted octanol–water partition coefficient (Wildman–Crippen LogP) is 1.95. The molecule has 4 nitrogen and oxygen atoms in total. The molecule has 0 bridgehead atoms. The lowest BCUT2D eigenvalue weighted by Gasteiger charge is -2.41. The summed E-state index contributed by atoms with van der Waals surface area (Å²) in [5.74, 6) is -0.377. The number of nitrogens with zero attached hydrogens (tertiary/aromatic N) is 1. The van der Waals surface area contributed by atoms with Crippen molar-refractivity contribution in [3.63, 3.8) is 0 Å². The van der Waals surface area contributed by atoms with Crippen molar-refractivity contribution in [1.82, 2.24) is 5.32 Å². The van der Waals surface area contributed by atoms with Gasteiger partial charge in [-0.2, -0.15) is 5.26 Å². The van der Waals surface area contributed by atoms with E-state index in [0.717, 1.165) is 32.1 Å². The first-order chi connectivity index (χ1) is 8.14. The molecular formula is C13H22N2O2. The average Bonchev–Trinajstić information content (AvgIpc) is 2.81. The quantitative estimate of drug-likeness (QED) is 0.816. The van der Waals surface area contributed by atoms with Gasteiger partial charge in [-0.1, -0.05) is 6.92 Å². The molecule has 0 aromatic heterocycles. The van der Waals surface area contributed by atoms with Crippen LogP contribution in [-0.2, 0) is 9.47 Å². The van der Waals surface area contributed by atoms with E-state index in [1.54, 1.807) is 0 Å². The van der Waals surface area contributed by atoms with Crippen molar-refractivity contribution in [2.75, 3.05) is 13.2 Å². The summed E-state index contributed by atoms with van der Waals surface area (Å²) in [4.78, 5) is 0. The number of ether oxygens (including phenoxy) is 2. The molecule has 1 unspecified atom stereocenters. The lowest BCUT2D eigenvalue weighted by molar-refractivity contribution is -0.183. The predicted molar refractivity (Wildman–Crippen MR) is 64.3 cm³/mol. The van der Waals surface area contributed by atoms with Gasteiger partial charge in [0.15, 0.2) is 5.79 Å². The summed E-state index contributed by atoms with van der Waals surface area (Å²) in [5, 5.41) is 12.9. The van der Waals surface area contributed by atoms with Crippen LogP contribution in [0.3, 0.4) is 0 Å². The van der Waals surface area contributed by atoms with Crippen molar-refractivity contribution in [3.8, 4) is 6.07 Å². The van der Waals surface area contributed by atoms with Gasteiger partial charge in [-0.25, -0.2) is 0 Å². The standard InChI is InChI=1S/C13H22N2O2/c1-3-11(2)15-12(10-14)4-6-13(7-5-12)16-8-9-17-13/h11,15H,3-9H2,1-2H3. The van der Waals surface area contributed by atoms with E-state index in [1.165, 1.54) is 0 Å². The molecule has 2 aliphatic rings. The van der Waals surface area contributed by atoms with E-state index in [9.17, 15) is 5.26 Å². The molecule has 1 saturated carbocycles. The molecule has 4 heteroatoms. The van der Waals surface area contributed by atoms with Crippen LogP contribution >= 0.6 is 0 Å². The van der Waals surface area contributed by atoms with Crippen molar-refractivity contribution in [2.45, 2.75) is 63.3 Å². The Balaban J connectivity index is 1.97. The zero-order valence-corrected chi connectivity index (χ0v) is 10.8. The molecule has 2 rings (SSSR count). The van der Waals surface area contributed by atoms with Crippen molar-refractivity contribution in [2.24, 2.45) is 0 Å². The van der Waals surface area contributed by atoms with Gasteiger partial charge in [0.1, 0.15) is 5.54 Å². The summed E-state index contributed by atoms with van der Waals surface area (Å²) in [5.41, 5.74) is -0.379. The molecule has 1 saturated heterocycles. The Labute approximate surface area is 103 Å². The highest BCUT2D eigenvalue weighted by molar-refractivity contribution is 5.11. The third-order valence-electron chi connectivity index (χ3n) is 4.03. The van der Waals surface area contributed by atoms with E-state index in [1.807, 2.05) is 0 Å². The van der Waals surface area contributed by atoms with Crippen LogP contribution in [0.2, 0.25) is 0 Å². The largest absolute Gasteiger partial charge is 0.348 e. The number of hydrogen-bond donors (Lipinski definition) is 1. The first-order valence-electron chi connectivity index (χ1n) is 6.60. The maximum Gasteiger partial charge on any atom is 0.168 e. The van der Waals surface area contributed by atoms with Crippen molar-refractivity contribution < 1.29 is 9.47 Å². The van der Waals surface area contributed by atoms with E-state index in [0.29, 0.717) is 19.3 Å². The van der Waals surface area contributed by atoms with E-state index in [2.05, 4.69) is 25.2 Å². The highest BCUT2D eigenvalue weighted by Crippen LogP contribution is 2.40. The monoisotopic (exact) mass is 238 g/mol. The minimum absolute atomic E-state index is 0.377. The normalized spacial score (nSPS) is 27.8. The molecule has 1 atom stereocenters. The van der Waals surface area contributed by atoms with Crippen LogP contribution in [0.15, 0.2) is 0 Å². The van der Waals surface area contributed by atoms with Gasteiger partial charge in [0.05, 0.1) is 19.3 Å². The molecule has 0 aromatic carbocycles. The van der Waals surface area contributed by atoms with Crippen LogP contribution in [0.4, 0.5) is 0 Å². The number of nitriles is 1. The number of rotatable bonds is 3. The van der Waals surface area contributed by atoms with Gasteiger partial charge >= 0.3 is 0 Å². The van der Waals surface area contributed by atoms with Crippen molar-refractivity contribution >= 4 is 0 Å². The Morgan fingerprint density at radius 1 is 1.24 bits per heavy atom. The second kappa shape index (κ2) is 4.93. The fraction of sp³-hybridized carbons (Fsp3) is 0.923. The summed E-state index contributed by atoms with van der Waals surface area (Å²) >= 11 is 0. The fourth-order valence-electron chi connectivity index (χ4n) is 2.71. The van der Waals surface area contributed by atoms with Crippen LogP contribution in [0.25, 0.3) is 0 Å². The molecular weight excluding hydrogens is 216 g/mol. The maximum absolute atomic E-state index is 9.42. The molecule has 1 spiro atoms. The summed E-state index contributed by atoms with van der Waals surface area (Å²) in [6.45, 7) is 5.65. The molecule has 2 fully saturated rings. The molecule has 1 aliphatic carbocycles. The first-order valence-corrected chi connectivity index (χ1v) is 6.60. The van der Waals surface area contributed by atoms with Gasteiger partial charge in [-0.3, -0.25) is 5.32 Å². The van der Waals surface area contributed by atoms with Crippen LogP contribution < -0.4 is 5.32 Å². The molecule has 96 valence electrons. The van der Waals surface area contributed by atoms with Gasteiger partial charge in [0, 0.05) is 18.9 Å². The van der Waals surface area contributed by atoms with Crippen LogP contribution in [0, 0.1) is 11.3 Å². The topological polar surface area (TPSA) is 54.3 Å². The van der Waals surface area contributed by atoms with E-state index >= 15 is 0 Å². The zero-order chi connectivity index (χ0) is 12.4. The Morgan fingerprint density at radius 2 is 1.82 bits per heavy atom. The van der Waals surface area contributed by atoms with Gasteiger partial charge in [-0.15, -0.1) is 0 Å². The summed E-state index contributed by atoms with van der Waals surface area (Å²) in [6, 6.07) is 2.85. The molecule has 17 heavy (non-hydrogen) atoms. The van der Waals surface area contributed by atoms with Gasteiger partial charge < -0.3 is 9.47 Å². The Hall–Kier alpha value is -0.630. The van der Waals surface area contributed by atoms with E-state index < -0.39 is 0 Å². The fourth-order valence-corrected chi connectivity index (χ4v) is 2.71. The van der Waals surface area contributed by atoms with Crippen LogP contribution in [0.1, 0.15) is 46.0 Å². The number of hydrogen-bond acceptors (Lipinski definition) is 4. The highest BCUT2D eigenvalue weighted by atomic mass is 16.7. The molecule has 1 heterocycles. The van der Waals surface area contributed by atoms with Gasteiger partial charge in [0.2, 0.25) is 0 Å². The van der Waals surface area contributed by atoms with Gasteiger partial charge in [0.25, 0.3) is 0 Å². The summed E-state index contributed by atoms with van der Waals surface area (Å²) in [7, 11) is 0. The second-order valence-corrected chi connectivity index (χ2v) is 5.26. The lowest BCUT2D eigenvalue weighted by Crippen LogP contribution is -2.53. The Bertz CT molecular complexity index is 295. The third-order valence-corrected chi connectivity index (χ3v) is 4.03. The smallest absolute Gasteiger partial charge is 0.168 e. The zero-order valence-electron chi connectivity index (χ0n) is 10.8. The summed E-state index contributed by atoms with van der Waals surface area (Å²) < 4.78 is 11.4. The Morgan fingerprint density at radius 3 is 2.29 bits per heavy atom. The van der Waals surface area contributed by atoms with Crippen LogP contribution in [-0.4, -0.2) is 30.6 Å². The summed E-state index contributed by atoms with van der Waals surface area (Å²) in [6.07, 6.45) is 4.32. The highest BCUT2D eigenvalue weighted by Gasteiger charge is 2.46. The van der Waals surface area contributed by atoms with E-state index in [4.69, 9.17) is 9.47 Å². The maximum atomic E-state index is 9.42. The molecule has 1 aliphatic heterocycles. The van der Waals surface area contributed by atoms with Gasteiger partial charge in [-0.05, 0) is 26.2 Å². The molecule has 1 N–H and O–H groups in total. The molecule has 0 amide bonds. The molecule has 0 radical (unpaired) electrons. The lowest BCUT2D eigenvalue weighted by atomic mass is 9.79. The minimum Gasteiger partial charge on any atom is -0.348 e.